The average molecular weight is 339 g/mol. The molecule has 130 valence electrons. The van der Waals surface area contributed by atoms with E-state index in [0.29, 0.717) is 25.9 Å². The number of carbonyl (C=O) groups excluding carboxylic acids is 1. The van der Waals surface area contributed by atoms with Crippen LogP contribution in [0.3, 0.4) is 0 Å². The Labute approximate surface area is 136 Å². The highest BCUT2D eigenvalue weighted by Crippen LogP contribution is 1.98. The summed E-state index contributed by atoms with van der Waals surface area (Å²) in [6.07, 6.45) is 5.38. The van der Waals surface area contributed by atoms with Gasteiger partial charge in [-0.3, -0.25) is 10.2 Å². The van der Waals surface area contributed by atoms with E-state index in [2.05, 4.69) is 17.6 Å². The first-order chi connectivity index (χ1) is 9.97. The average Bonchev–Trinajstić information content (AvgIpc) is 2.42. The largest absolute Gasteiger partial charge is 0.355 e. The number of guanidine groups is 1. The van der Waals surface area contributed by atoms with Crippen molar-refractivity contribution in [3.63, 3.8) is 0 Å². The van der Waals surface area contributed by atoms with E-state index < -0.39 is 11.1 Å². The van der Waals surface area contributed by atoms with Crippen molar-refractivity contribution in [3.8, 4) is 0 Å². The minimum atomic E-state index is -0.812. The van der Waals surface area contributed by atoms with Crippen LogP contribution in [0.2, 0.25) is 0 Å². The summed E-state index contributed by atoms with van der Waals surface area (Å²) in [5, 5.41) is 21.7. The van der Waals surface area contributed by atoms with Crippen LogP contribution in [-0.4, -0.2) is 36.0 Å². The third kappa shape index (κ3) is 13.4. The summed E-state index contributed by atoms with van der Waals surface area (Å²) in [6, 6.07) is -0.587. The number of nitrogens with zero attached hydrogens (tertiary/aromatic N) is 1. The second-order valence-corrected chi connectivity index (χ2v) is 4.77. The quantitative estimate of drug-likeness (QED) is 0.122. The molecule has 0 aromatic heterocycles. The summed E-state index contributed by atoms with van der Waals surface area (Å²) in [7, 11) is 0. The summed E-state index contributed by atoms with van der Waals surface area (Å²) < 4.78 is 0. The third-order valence-corrected chi connectivity index (χ3v) is 2.86. The molecule has 0 aliphatic carbocycles. The summed E-state index contributed by atoms with van der Waals surface area (Å²) in [4.78, 5) is 21.7. The number of carbonyl (C=O) groups is 1. The van der Waals surface area contributed by atoms with Crippen LogP contribution in [0.25, 0.3) is 0 Å². The van der Waals surface area contributed by atoms with E-state index >= 15 is 0 Å². The Morgan fingerprint density at radius 2 is 1.86 bits per heavy atom. The van der Waals surface area contributed by atoms with Crippen LogP contribution in [0.1, 0.15) is 45.4 Å². The highest BCUT2D eigenvalue weighted by Gasteiger charge is 2.12. The lowest BCUT2D eigenvalue weighted by Crippen LogP contribution is -2.42. The van der Waals surface area contributed by atoms with Gasteiger partial charge in [0, 0.05) is 13.1 Å². The van der Waals surface area contributed by atoms with E-state index in [1.165, 1.54) is 0 Å². The number of amides is 1. The minimum absolute atomic E-state index is 0. The SMILES string of the molecule is CCCCCCNC(=O)C(N)CCCNC(=N)N[N+](=O)[O-].Cl. The Morgan fingerprint density at radius 3 is 2.45 bits per heavy atom. The van der Waals surface area contributed by atoms with Crippen molar-refractivity contribution in [2.75, 3.05) is 13.1 Å². The monoisotopic (exact) mass is 338 g/mol. The van der Waals surface area contributed by atoms with Gasteiger partial charge in [-0.05, 0) is 19.3 Å². The van der Waals surface area contributed by atoms with Gasteiger partial charge in [-0.15, -0.1) is 12.4 Å². The Bertz CT molecular complexity index is 343. The fraction of sp³-hybridized carbons (Fsp3) is 0.833. The molecule has 0 radical (unpaired) electrons. The number of nitrogens with two attached hydrogens (primary N) is 1. The number of hydrogen-bond acceptors (Lipinski definition) is 5. The molecule has 0 fully saturated rings. The molecule has 1 unspecified atom stereocenters. The fourth-order valence-corrected chi connectivity index (χ4v) is 1.69. The van der Waals surface area contributed by atoms with Crippen LogP contribution in [-0.2, 0) is 4.79 Å². The Balaban J connectivity index is 0. The van der Waals surface area contributed by atoms with Crippen molar-refractivity contribution in [3.05, 3.63) is 10.1 Å². The Morgan fingerprint density at radius 1 is 1.23 bits per heavy atom. The molecule has 0 aliphatic heterocycles. The van der Waals surface area contributed by atoms with Gasteiger partial charge in [0.25, 0.3) is 5.96 Å². The van der Waals surface area contributed by atoms with Crippen molar-refractivity contribution < 1.29 is 9.83 Å². The third-order valence-electron chi connectivity index (χ3n) is 2.86. The molecule has 1 amide bonds. The van der Waals surface area contributed by atoms with Crippen LogP contribution in [0.5, 0.6) is 0 Å². The molecule has 0 saturated heterocycles. The highest BCUT2D eigenvalue weighted by atomic mass is 35.5. The number of rotatable bonds is 11. The molecule has 0 spiro atoms. The first kappa shape index (κ1) is 22.7. The number of nitro groups is 1. The van der Waals surface area contributed by atoms with Crippen LogP contribution in [0.4, 0.5) is 0 Å². The van der Waals surface area contributed by atoms with E-state index in [9.17, 15) is 14.9 Å². The van der Waals surface area contributed by atoms with Crippen LogP contribution >= 0.6 is 12.4 Å². The van der Waals surface area contributed by atoms with Crippen molar-refractivity contribution in [1.29, 1.82) is 5.41 Å². The van der Waals surface area contributed by atoms with Gasteiger partial charge in [0.1, 0.15) is 0 Å². The predicted molar refractivity (Wildman–Crippen MR) is 87.5 cm³/mol. The van der Waals surface area contributed by atoms with Crippen LogP contribution < -0.4 is 21.8 Å². The molecule has 0 aliphatic rings. The maximum atomic E-state index is 11.6. The zero-order valence-corrected chi connectivity index (χ0v) is 13.7. The summed E-state index contributed by atoms with van der Waals surface area (Å²) in [5.41, 5.74) is 7.42. The first-order valence-electron chi connectivity index (χ1n) is 7.24. The van der Waals surface area contributed by atoms with Gasteiger partial charge in [-0.2, -0.15) is 0 Å². The molecular formula is C12H27ClN6O3. The van der Waals surface area contributed by atoms with Crippen molar-refractivity contribution in [1.82, 2.24) is 16.1 Å². The number of halogens is 1. The zero-order valence-electron chi connectivity index (χ0n) is 12.9. The van der Waals surface area contributed by atoms with E-state index in [0.717, 1.165) is 25.7 Å². The molecule has 9 nitrogen and oxygen atoms in total. The highest BCUT2D eigenvalue weighted by molar-refractivity contribution is 5.85. The minimum Gasteiger partial charge on any atom is -0.355 e. The molecule has 0 saturated carbocycles. The second-order valence-electron chi connectivity index (χ2n) is 4.77. The molecule has 0 rings (SSSR count). The Hall–Kier alpha value is -1.61. The van der Waals surface area contributed by atoms with Gasteiger partial charge in [0.15, 0.2) is 5.03 Å². The molecule has 0 heterocycles. The zero-order chi connectivity index (χ0) is 16.1. The topological polar surface area (TPSA) is 146 Å². The standard InChI is InChI=1S/C12H26N6O3.ClH/c1-2-3-4-5-8-15-11(19)10(13)7-6-9-16-12(14)17-18(20)21;/h10H,2-9,13H2,1H3,(H,15,19)(H3,14,16,17);1H. The van der Waals surface area contributed by atoms with Gasteiger partial charge >= 0.3 is 0 Å². The summed E-state index contributed by atoms with van der Waals surface area (Å²) >= 11 is 0. The van der Waals surface area contributed by atoms with E-state index in [4.69, 9.17) is 11.1 Å². The summed E-state index contributed by atoms with van der Waals surface area (Å²) in [6.45, 7) is 3.11. The lowest BCUT2D eigenvalue weighted by atomic mass is 10.1. The molecule has 22 heavy (non-hydrogen) atoms. The maximum Gasteiger partial charge on any atom is 0.251 e. The number of hydrogen-bond donors (Lipinski definition) is 5. The lowest BCUT2D eigenvalue weighted by molar-refractivity contribution is -0.525. The molecule has 0 aromatic rings. The van der Waals surface area contributed by atoms with E-state index in [1.807, 2.05) is 0 Å². The maximum absolute atomic E-state index is 11.6. The molecule has 0 bridgehead atoms. The summed E-state index contributed by atoms with van der Waals surface area (Å²) in [5.74, 6) is -0.557. The number of unbranched alkanes of at least 4 members (excludes halogenated alkanes) is 3. The molecule has 1 atom stereocenters. The van der Waals surface area contributed by atoms with Crippen molar-refractivity contribution in [2.45, 2.75) is 51.5 Å². The smallest absolute Gasteiger partial charge is 0.251 e. The molecular weight excluding hydrogens is 312 g/mol. The predicted octanol–water partition coefficient (Wildman–Crippen LogP) is 0.518. The molecule has 6 N–H and O–H groups in total. The van der Waals surface area contributed by atoms with Crippen molar-refractivity contribution in [2.24, 2.45) is 5.73 Å². The lowest BCUT2D eigenvalue weighted by Gasteiger charge is -2.12. The number of nitrogens with one attached hydrogen (secondary N) is 4. The number of hydrazine groups is 1. The Kier molecular flexibility index (Phi) is 14.8. The van der Waals surface area contributed by atoms with Gasteiger partial charge in [0.05, 0.1) is 6.04 Å². The van der Waals surface area contributed by atoms with Gasteiger partial charge in [-0.25, -0.2) is 10.1 Å². The molecule has 10 heteroatoms. The normalized spacial score (nSPS) is 11.0. The molecule has 0 aromatic carbocycles. The van der Waals surface area contributed by atoms with Gasteiger partial charge < -0.3 is 16.4 Å². The van der Waals surface area contributed by atoms with Crippen LogP contribution in [0, 0.1) is 15.5 Å². The van der Waals surface area contributed by atoms with Gasteiger partial charge in [0.2, 0.25) is 5.91 Å². The second kappa shape index (κ2) is 14.3. The van der Waals surface area contributed by atoms with Gasteiger partial charge in [-0.1, -0.05) is 31.6 Å². The fourth-order valence-electron chi connectivity index (χ4n) is 1.69. The van der Waals surface area contributed by atoms with Crippen LogP contribution in [0.15, 0.2) is 0 Å². The first-order valence-corrected chi connectivity index (χ1v) is 7.24. The van der Waals surface area contributed by atoms with E-state index in [1.54, 1.807) is 5.43 Å². The van der Waals surface area contributed by atoms with Crippen molar-refractivity contribution >= 4 is 24.3 Å². The van der Waals surface area contributed by atoms with E-state index in [-0.39, 0.29) is 24.3 Å².